The normalized spacial score (nSPS) is 12.2. The summed E-state index contributed by atoms with van der Waals surface area (Å²) in [6, 6.07) is 4.39. The van der Waals surface area contributed by atoms with Gasteiger partial charge in [-0.3, -0.25) is 9.36 Å². The Morgan fingerprint density at radius 1 is 1.56 bits per heavy atom. The molecule has 0 saturated heterocycles. The molecule has 1 aromatic carbocycles. The molecular formula is C15H18BrFN4O3S. The number of hydrogen-bond donors (Lipinski definition) is 2. The Morgan fingerprint density at radius 2 is 2.32 bits per heavy atom. The molecule has 2 rings (SSSR count). The van der Waals surface area contributed by atoms with E-state index in [0.717, 1.165) is 11.8 Å². The minimum atomic E-state index is -0.570. The maximum atomic E-state index is 13.8. The van der Waals surface area contributed by atoms with Gasteiger partial charge in [0.2, 0.25) is 5.91 Å². The number of nitrogens with zero attached hydrogens (tertiary/aromatic N) is 2. The lowest BCUT2D eigenvalue weighted by Gasteiger charge is -2.12. The number of rotatable bonds is 8. The van der Waals surface area contributed by atoms with Crippen molar-refractivity contribution in [2.45, 2.75) is 30.3 Å². The van der Waals surface area contributed by atoms with Crippen molar-refractivity contribution in [1.29, 1.82) is 0 Å². The van der Waals surface area contributed by atoms with Gasteiger partial charge in [-0.05, 0) is 31.5 Å². The molecule has 1 unspecified atom stereocenters. The van der Waals surface area contributed by atoms with Crippen molar-refractivity contribution in [2.24, 2.45) is 0 Å². The zero-order chi connectivity index (χ0) is 18.4. The molecule has 25 heavy (non-hydrogen) atoms. The van der Waals surface area contributed by atoms with Crippen molar-refractivity contribution in [3.05, 3.63) is 39.0 Å². The lowest BCUT2D eigenvalue weighted by molar-refractivity contribution is -0.115. The van der Waals surface area contributed by atoms with Gasteiger partial charge >= 0.3 is 5.69 Å². The molecule has 136 valence electrons. The summed E-state index contributed by atoms with van der Waals surface area (Å²) < 4.78 is 20.8. The SMILES string of the molecule is COCCCn1c(SC(C)C(=O)Nc2ccc(Br)cc2F)n[nH]c1=O. The number of ether oxygens (including phenoxy) is 1. The molecule has 0 aliphatic heterocycles. The third kappa shape index (κ3) is 5.41. The lowest BCUT2D eigenvalue weighted by atomic mass is 10.3. The second kappa shape index (κ2) is 9.16. The third-order valence-corrected chi connectivity index (χ3v) is 4.88. The number of aromatic nitrogens is 3. The molecule has 1 aromatic heterocycles. The Labute approximate surface area is 156 Å². The first kappa shape index (κ1) is 19.7. The van der Waals surface area contributed by atoms with E-state index in [2.05, 4.69) is 31.4 Å². The topological polar surface area (TPSA) is 89.0 Å². The molecule has 1 atom stereocenters. The zero-order valence-corrected chi connectivity index (χ0v) is 16.1. The van der Waals surface area contributed by atoms with Gasteiger partial charge in [0, 0.05) is 24.7 Å². The number of amides is 1. The molecule has 0 bridgehead atoms. The Bertz CT molecular complexity index is 795. The van der Waals surface area contributed by atoms with Crippen LogP contribution in [0.15, 0.2) is 32.6 Å². The number of thioether (sulfide) groups is 1. The Morgan fingerprint density at radius 3 is 3.00 bits per heavy atom. The highest BCUT2D eigenvalue weighted by molar-refractivity contribution is 9.10. The van der Waals surface area contributed by atoms with Gasteiger partial charge in [-0.1, -0.05) is 27.7 Å². The zero-order valence-electron chi connectivity index (χ0n) is 13.7. The van der Waals surface area contributed by atoms with Crippen LogP contribution in [0, 0.1) is 5.82 Å². The van der Waals surface area contributed by atoms with Crippen LogP contribution in [-0.4, -0.2) is 39.6 Å². The largest absolute Gasteiger partial charge is 0.385 e. The molecule has 2 N–H and O–H groups in total. The fourth-order valence-electron chi connectivity index (χ4n) is 1.99. The van der Waals surface area contributed by atoms with Crippen LogP contribution in [-0.2, 0) is 16.1 Å². The van der Waals surface area contributed by atoms with Crippen LogP contribution < -0.4 is 11.0 Å². The summed E-state index contributed by atoms with van der Waals surface area (Å²) in [5.41, 5.74) is -0.245. The van der Waals surface area contributed by atoms with E-state index in [0.29, 0.717) is 29.2 Å². The Balaban J connectivity index is 2.02. The van der Waals surface area contributed by atoms with Gasteiger partial charge < -0.3 is 10.1 Å². The predicted octanol–water partition coefficient (Wildman–Crippen LogP) is 2.63. The number of benzene rings is 1. The summed E-state index contributed by atoms with van der Waals surface area (Å²) in [4.78, 5) is 24.1. The van der Waals surface area contributed by atoms with Crippen LogP contribution in [0.3, 0.4) is 0 Å². The molecule has 0 aliphatic carbocycles. The maximum Gasteiger partial charge on any atom is 0.343 e. The minimum absolute atomic E-state index is 0.0974. The van der Waals surface area contributed by atoms with Crippen LogP contribution in [0.25, 0.3) is 0 Å². The first-order chi connectivity index (χ1) is 11.9. The van der Waals surface area contributed by atoms with Gasteiger partial charge in [-0.2, -0.15) is 0 Å². The van der Waals surface area contributed by atoms with Gasteiger partial charge in [0.15, 0.2) is 5.16 Å². The number of carbonyl (C=O) groups is 1. The van der Waals surface area contributed by atoms with E-state index in [-0.39, 0.29) is 17.3 Å². The van der Waals surface area contributed by atoms with E-state index < -0.39 is 11.1 Å². The summed E-state index contributed by atoms with van der Waals surface area (Å²) in [7, 11) is 1.58. The maximum absolute atomic E-state index is 13.8. The molecule has 7 nitrogen and oxygen atoms in total. The second-order valence-electron chi connectivity index (χ2n) is 5.18. The van der Waals surface area contributed by atoms with Crippen molar-refractivity contribution in [3.63, 3.8) is 0 Å². The summed E-state index contributed by atoms with van der Waals surface area (Å²) in [5, 5.41) is 8.68. The molecule has 10 heteroatoms. The van der Waals surface area contributed by atoms with E-state index in [9.17, 15) is 14.0 Å². The quantitative estimate of drug-likeness (QED) is 0.494. The van der Waals surface area contributed by atoms with Crippen LogP contribution in [0.5, 0.6) is 0 Å². The third-order valence-electron chi connectivity index (χ3n) is 3.29. The summed E-state index contributed by atoms with van der Waals surface area (Å²) in [6.45, 7) is 2.61. The molecule has 1 heterocycles. The highest BCUT2D eigenvalue weighted by Crippen LogP contribution is 2.23. The molecule has 0 aliphatic rings. The first-order valence-electron chi connectivity index (χ1n) is 7.49. The smallest absolute Gasteiger partial charge is 0.343 e. The van der Waals surface area contributed by atoms with Gasteiger partial charge in [0.05, 0.1) is 10.9 Å². The van der Waals surface area contributed by atoms with Crippen molar-refractivity contribution in [2.75, 3.05) is 19.0 Å². The number of H-pyrrole nitrogens is 1. The number of carbonyl (C=O) groups excluding carboxylic acids is 1. The average Bonchev–Trinajstić information content (AvgIpc) is 2.90. The van der Waals surface area contributed by atoms with Crippen LogP contribution in [0.4, 0.5) is 10.1 Å². The standard InChI is InChI=1S/C15H18BrFN4O3S/c1-9(13(22)18-12-5-4-10(16)8-11(12)17)25-15-20-19-14(23)21(15)6-3-7-24-2/h4-5,8-9H,3,6-7H2,1-2H3,(H,18,22)(H,19,23). The number of methoxy groups -OCH3 is 1. The van der Waals surface area contributed by atoms with Gasteiger partial charge in [0.1, 0.15) is 5.82 Å². The van der Waals surface area contributed by atoms with Crippen molar-refractivity contribution in [1.82, 2.24) is 14.8 Å². The Hall–Kier alpha value is -1.65. The number of hydrogen-bond acceptors (Lipinski definition) is 5. The van der Waals surface area contributed by atoms with E-state index in [1.165, 1.54) is 16.7 Å². The Kier molecular flexibility index (Phi) is 7.21. The number of halogens is 2. The van der Waals surface area contributed by atoms with E-state index in [1.54, 1.807) is 20.1 Å². The fraction of sp³-hybridized carbons (Fsp3) is 0.400. The predicted molar refractivity (Wildman–Crippen MR) is 97.4 cm³/mol. The minimum Gasteiger partial charge on any atom is -0.385 e. The summed E-state index contributed by atoms with van der Waals surface area (Å²) in [5.74, 6) is -0.915. The number of nitrogens with one attached hydrogen (secondary N) is 2. The van der Waals surface area contributed by atoms with E-state index in [1.807, 2.05) is 0 Å². The van der Waals surface area contributed by atoms with Crippen molar-refractivity contribution < 1.29 is 13.9 Å². The molecule has 0 radical (unpaired) electrons. The monoisotopic (exact) mass is 432 g/mol. The summed E-state index contributed by atoms with van der Waals surface area (Å²) in [6.07, 6.45) is 0.647. The molecule has 0 saturated carbocycles. The van der Waals surface area contributed by atoms with Crippen LogP contribution in [0.1, 0.15) is 13.3 Å². The first-order valence-corrected chi connectivity index (χ1v) is 9.16. The number of anilines is 1. The highest BCUT2D eigenvalue weighted by Gasteiger charge is 2.20. The average molecular weight is 433 g/mol. The van der Waals surface area contributed by atoms with Crippen LogP contribution in [0.2, 0.25) is 0 Å². The van der Waals surface area contributed by atoms with Crippen LogP contribution >= 0.6 is 27.7 Å². The van der Waals surface area contributed by atoms with Gasteiger partial charge in [-0.25, -0.2) is 14.3 Å². The van der Waals surface area contributed by atoms with Gasteiger partial charge in [-0.15, -0.1) is 5.10 Å². The molecule has 2 aromatic rings. The van der Waals surface area contributed by atoms with Gasteiger partial charge in [0.25, 0.3) is 0 Å². The van der Waals surface area contributed by atoms with E-state index in [4.69, 9.17) is 4.74 Å². The molecular weight excluding hydrogens is 415 g/mol. The highest BCUT2D eigenvalue weighted by atomic mass is 79.9. The number of aromatic amines is 1. The van der Waals surface area contributed by atoms with Crippen molar-refractivity contribution >= 4 is 39.3 Å². The van der Waals surface area contributed by atoms with Crippen molar-refractivity contribution in [3.8, 4) is 0 Å². The lowest BCUT2D eigenvalue weighted by Crippen LogP contribution is -2.24. The second-order valence-corrected chi connectivity index (χ2v) is 7.41. The fourth-order valence-corrected chi connectivity index (χ4v) is 3.21. The summed E-state index contributed by atoms with van der Waals surface area (Å²) >= 11 is 4.28. The van der Waals surface area contributed by atoms with E-state index >= 15 is 0 Å². The molecule has 0 spiro atoms. The molecule has 1 amide bonds. The molecule has 0 fully saturated rings.